The van der Waals surface area contributed by atoms with E-state index in [-0.39, 0.29) is 17.7 Å². The zero-order valence-electron chi connectivity index (χ0n) is 16.1. The minimum Gasteiger partial charge on any atom is -0.356 e. The van der Waals surface area contributed by atoms with E-state index in [4.69, 9.17) is 12.2 Å². The van der Waals surface area contributed by atoms with Gasteiger partial charge in [-0.15, -0.1) is 0 Å². The van der Waals surface area contributed by atoms with Crippen LogP contribution < -0.4 is 5.32 Å². The summed E-state index contributed by atoms with van der Waals surface area (Å²) < 4.78 is 0.876. The molecular formula is C22H24BrN3O2S. The molecule has 152 valence electrons. The smallest absolute Gasteiger partial charge is 0.241 e. The van der Waals surface area contributed by atoms with E-state index in [0.29, 0.717) is 30.3 Å². The van der Waals surface area contributed by atoms with E-state index in [1.54, 1.807) is 4.90 Å². The molecule has 2 amide bonds. The summed E-state index contributed by atoms with van der Waals surface area (Å²) in [4.78, 5) is 30.7. The number of thiocarbonyl (C=S) groups is 1. The molecule has 0 saturated heterocycles. The van der Waals surface area contributed by atoms with Crippen molar-refractivity contribution in [3.63, 3.8) is 0 Å². The summed E-state index contributed by atoms with van der Waals surface area (Å²) in [5.74, 6) is -0.319. The second-order valence-electron chi connectivity index (χ2n) is 7.07. The number of fused-ring (bicyclic) bond motifs is 1. The monoisotopic (exact) mass is 473 g/mol. The maximum Gasteiger partial charge on any atom is 0.241 e. The van der Waals surface area contributed by atoms with Gasteiger partial charge in [0.25, 0.3) is 0 Å². The number of unbranched alkanes of at least 4 members (excludes halogenated alkanes) is 2. The van der Waals surface area contributed by atoms with Gasteiger partial charge in [-0.1, -0.05) is 58.8 Å². The van der Waals surface area contributed by atoms with Gasteiger partial charge in [0.15, 0.2) is 0 Å². The molecule has 1 heterocycles. The number of allylic oxidation sites excluding steroid dienone is 3. The first-order chi connectivity index (χ1) is 14.0. The third kappa shape index (κ3) is 6.18. The van der Waals surface area contributed by atoms with Crippen LogP contribution in [0.4, 0.5) is 0 Å². The van der Waals surface area contributed by atoms with Crippen molar-refractivity contribution in [3.05, 3.63) is 58.6 Å². The molecular weight excluding hydrogens is 450 g/mol. The molecule has 1 N–H and O–H groups in total. The molecule has 29 heavy (non-hydrogen) atoms. The number of amides is 2. The highest BCUT2D eigenvalue weighted by atomic mass is 79.9. The van der Waals surface area contributed by atoms with Crippen LogP contribution in [-0.4, -0.2) is 40.6 Å². The number of aliphatic imine (C=N–C) groups is 1. The average molecular weight is 474 g/mol. The van der Waals surface area contributed by atoms with Gasteiger partial charge in [-0.3, -0.25) is 14.5 Å². The Balaban J connectivity index is 1.33. The van der Waals surface area contributed by atoms with Crippen molar-refractivity contribution in [2.75, 3.05) is 13.1 Å². The maximum atomic E-state index is 12.7. The molecule has 0 radical (unpaired) electrons. The molecule has 0 spiro atoms. The molecule has 0 aromatic heterocycles. The van der Waals surface area contributed by atoms with Crippen LogP contribution in [0.25, 0.3) is 0 Å². The van der Waals surface area contributed by atoms with Crippen LogP contribution in [-0.2, 0) is 16.0 Å². The van der Waals surface area contributed by atoms with Crippen LogP contribution in [0.5, 0.6) is 0 Å². The van der Waals surface area contributed by atoms with Crippen LogP contribution in [0.3, 0.4) is 0 Å². The van der Waals surface area contributed by atoms with E-state index < -0.39 is 0 Å². The van der Waals surface area contributed by atoms with Crippen molar-refractivity contribution in [3.8, 4) is 0 Å². The van der Waals surface area contributed by atoms with E-state index in [1.807, 2.05) is 36.4 Å². The summed E-state index contributed by atoms with van der Waals surface area (Å²) in [5, 5.41) is 3.29. The zero-order valence-corrected chi connectivity index (χ0v) is 18.5. The molecule has 1 unspecified atom stereocenters. The highest BCUT2D eigenvalue weighted by Gasteiger charge is 2.34. The van der Waals surface area contributed by atoms with Crippen molar-refractivity contribution in [1.29, 1.82) is 0 Å². The van der Waals surface area contributed by atoms with Crippen molar-refractivity contribution >= 4 is 50.8 Å². The summed E-state index contributed by atoms with van der Waals surface area (Å²) in [5.41, 5.74) is 1.92. The van der Waals surface area contributed by atoms with Gasteiger partial charge in [-0.25, -0.2) is 4.99 Å². The van der Waals surface area contributed by atoms with E-state index in [9.17, 15) is 9.59 Å². The molecule has 1 atom stereocenters. The lowest BCUT2D eigenvalue weighted by Gasteiger charge is -2.30. The molecule has 1 aromatic carbocycles. The summed E-state index contributed by atoms with van der Waals surface area (Å²) in [6, 6.07) is 10.1. The van der Waals surface area contributed by atoms with Crippen molar-refractivity contribution in [2.45, 2.75) is 32.1 Å². The topological polar surface area (TPSA) is 61.8 Å². The van der Waals surface area contributed by atoms with E-state index in [2.05, 4.69) is 38.4 Å². The number of rotatable bonds is 9. The number of hydrogen-bond acceptors (Lipinski definition) is 3. The maximum absolute atomic E-state index is 12.7. The molecule has 5 nitrogen and oxygen atoms in total. The molecule has 3 rings (SSSR count). The van der Waals surface area contributed by atoms with Gasteiger partial charge in [0.1, 0.15) is 5.92 Å². The fraction of sp³-hybridized carbons (Fsp3) is 0.364. The normalized spacial score (nSPS) is 18.2. The zero-order chi connectivity index (χ0) is 20.6. The van der Waals surface area contributed by atoms with Crippen molar-refractivity contribution in [2.24, 2.45) is 10.9 Å². The molecule has 1 aliphatic heterocycles. The SMILES string of the molecule is O=C(CCCCCN1C(=O)C2C=C(Br)C=CC2=NC1=S)NCCc1ccccc1. The van der Waals surface area contributed by atoms with E-state index >= 15 is 0 Å². The first kappa shape index (κ1) is 21.6. The number of benzene rings is 1. The fourth-order valence-electron chi connectivity index (χ4n) is 3.32. The number of carbonyl (C=O) groups excluding carboxylic acids is 2. The number of carbonyl (C=O) groups is 2. The number of nitrogens with one attached hydrogen (secondary N) is 1. The lowest BCUT2D eigenvalue weighted by molar-refractivity contribution is -0.128. The third-order valence-corrected chi connectivity index (χ3v) is 5.75. The second kappa shape index (κ2) is 10.6. The minimum atomic E-state index is -0.364. The van der Waals surface area contributed by atoms with E-state index in [0.717, 1.165) is 30.2 Å². The van der Waals surface area contributed by atoms with Gasteiger partial charge < -0.3 is 5.32 Å². The molecule has 2 aliphatic rings. The average Bonchev–Trinajstić information content (AvgIpc) is 2.71. The van der Waals surface area contributed by atoms with Gasteiger partial charge in [0.2, 0.25) is 16.9 Å². The molecule has 0 bridgehead atoms. The summed E-state index contributed by atoms with van der Waals surface area (Å²) in [7, 11) is 0. The molecule has 7 heteroatoms. The van der Waals surface area contributed by atoms with Crippen LogP contribution in [0.1, 0.15) is 31.2 Å². The van der Waals surface area contributed by atoms with Crippen molar-refractivity contribution in [1.82, 2.24) is 10.2 Å². The van der Waals surface area contributed by atoms with Gasteiger partial charge in [0.05, 0.1) is 5.71 Å². The number of nitrogens with zero attached hydrogens (tertiary/aromatic N) is 2. The third-order valence-electron chi connectivity index (χ3n) is 4.91. The van der Waals surface area contributed by atoms with Crippen LogP contribution in [0.15, 0.2) is 58.0 Å². The highest BCUT2D eigenvalue weighted by Crippen LogP contribution is 2.25. The largest absolute Gasteiger partial charge is 0.356 e. The quantitative estimate of drug-likeness (QED) is 0.436. The fourth-order valence-corrected chi connectivity index (χ4v) is 4.01. The Bertz CT molecular complexity index is 864. The lowest BCUT2D eigenvalue weighted by Crippen LogP contribution is -2.46. The van der Waals surface area contributed by atoms with Gasteiger partial charge >= 0.3 is 0 Å². The Kier molecular flexibility index (Phi) is 7.89. The van der Waals surface area contributed by atoms with Crippen LogP contribution >= 0.6 is 28.1 Å². The standard InChI is InChI=1S/C22H24BrN3O2S/c23-17-10-11-19-18(15-17)21(28)26(22(29)25-19)14-6-2-5-9-20(27)24-13-12-16-7-3-1-4-8-16/h1,3-4,7-8,10-11,15,18H,2,5-6,9,12-14H2,(H,24,27). The predicted octanol–water partition coefficient (Wildman–Crippen LogP) is 3.94. The summed E-state index contributed by atoms with van der Waals surface area (Å²) >= 11 is 8.71. The van der Waals surface area contributed by atoms with E-state index in [1.165, 1.54) is 5.56 Å². The number of halogens is 1. The summed E-state index contributed by atoms with van der Waals surface area (Å²) in [6.45, 7) is 1.19. The van der Waals surface area contributed by atoms with Gasteiger partial charge in [-0.05, 0) is 49.2 Å². The minimum absolute atomic E-state index is 0.0278. The Morgan fingerprint density at radius 3 is 2.76 bits per heavy atom. The highest BCUT2D eigenvalue weighted by molar-refractivity contribution is 9.11. The first-order valence-electron chi connectivity index (χ1n) is 9.84. The van der Waals surface area contributed by atoms with Crippen LogP contribution in [0, 0.1) is 5.92 Å². The van der Waals surface area contributed by atoms with Crippen molar-refractivity contribution < 1.29 is 9.59 Å². The Morgan fingerprint density at radius 1 is 1.17 bits per heavy atom. The Hall–Kier alpha value is -2.12. The lowest BCUT2D eigenvalue weighted by atomic mass is 9.95. The molecule has 1 aromatic rings. The first-order valence-corrected chi connectivity index (χ1v) is 11.0. The molecule has 0 fully saturated rings. The van der Waals surface area contributed by atoms with Gasteiger partial charge in [-0.2, -0.15) is 0 Å². The molecule has 0 saturated carbocycles. The summed E-state index contributed by atoms with van der Waals surface area (Å²) in [6.07, 6.45) is 9.33. The van der Waals surface area contributed by atoms with Gasteiger partial charge in [0, 0.05) is 24.0 Å². The molecule has 1 aliphatic carbocycles. The Morgan fingerprint density at radius 2 is 1.97 bits per heavy atom. The Labute approximate surface area is 185 Å². The second-order valence-corrected chi connectivity index (χ2v) is 8.35. The predicted molar refractivity (Wildman–Crippen MR) is 123 cm³/mol. The van der Waals surface area contributed by atoms with Crippen LogP contribution in [0.2, 0.25) is 0 Å². The number of hydrogen-bond donors (Lipinski definition) is 1.